The predicted molar refractivity (Wildman–Crippen MR) is 146 cm³/mol. The number of halogens is 2. The Bertz CT molecular complexity index is 1310. The number of amides is 2. The van der Waals surface area contributed by atoms with Gasteiger partial charge in [0.1, 0.15) is 17.7 Å². The number of anilines is 2. The molecule has 2 N–H and O–H groups in total. The van der Waals surface area contributed by atoms with Gasteiger partial charge in [-0.05, 0) is 48.1 Å². The summed E-state index contributed by atoms with van der Waals surface area (Å²) in [6.07, 6.45) is 1.39. The minimum absolute atomic E-state index is 0.213. The summed E-state index contributed by atoms with van der Waals surface area (Å²) in [7, 11) is 1.44. The highest BCUT2D eigenvalue weighted by Gasteiger charge is 2.23. The number of nitrogens with one attached hydrogen (secondary N) is 2. The van der Waals surface area contributed by atoms with Gasteiger partial charge in [0, 0.05) is 32.1 Å². The van der Waals surface area contributed by atoms with E-state index in [1.54, 1.807) is 18.2 Å². The molecule has 0 radical (unpaired) electrons. The SMILES string of the molecule is COc1cc(NC(=O)CCN2CCC(OC(=O)Nc3ccsc3-c3cccc(F)c3)CC2)c(Cl)cc1C=O. The number of hydrogen-bond donors (Lipinski definition) is 2. The molecule has 0 saturated carbocycles. The lowest BCUT2D eigenvalue weighted by molar-refractivity contribution is -0.116. The van der Waals surface area contributed by atoms with Crippen LogP contribution >= 0.6 is 22.9 Å². The monoisotopic (exact) mass is 559 g/mol. The first-order valence-corrected chi connectivity index (χ1v) is 13.3. The van der Waals surface area contributed by atoms with Gasteiger partial charge in [0.2, 0.25) is 5.91 Å². The molecule has 11 heteroatoms. The Morgan fingerprint density at radius 2 is 1.95 bits per heavy atom. The molecule has 1 aliphatic rings. The van der Waals surface area contributed by atoms with E-state index in [-0.39, 0.29) is 29.3 Å². The third-order valence-electron chi connectivity index (χ3n) is 6.17. The van der Waals surface area contributed by atoms with Crippen LogP contribution in [0.15, 0.2) is 47.8 Å². The van der Waals surface area contributed by atoms with Gasteiger partial charge in [-0.3, -0.25) is 14.9 Å². The molecule has 0 aliphatic carbocycles. The molecule has 200 valence electrons. The number of methoxy groups -OCH3 is 1. The zero-order valence-electron chi connectivity index (χ0n) is 20.7. The number of benzene rings is 2. The molecule has 3 aromatic rings. The van der Waals surface area contributed by atoms with Crippen LogP contribution in [0.25, 0.3) is 10.4 Å². The Hall–Kier alpha value is -3.47. The molecule has 38 heavy (non-hydrogen) atoms. The maximum absolute atomic E-state index is 13.6. The Kier molecular flexibility index (Phi) is 9.33. The van der Waals surface area contributed by atoms with Crippen LogP contribution in [0.5, 0.6) is 5.75 Å². The number of piperidine rings is 1. The molecular formula is C27H27ClFN3O5S. The standard InChI is InChI=1S/C27H27ClFN3O5S/c1-36-24-15-23(21(28)14-18(24)16-33)30-25(34)7-11-32-9-5-20(6-10-32)37-27(35)31-22-8-12-38-26(22)17-3-2-4-19(29)13-17/h2-4,8,12-16,20H,5-7,9-11H2,1H3,(H,30,34)(H,31,35). The first-order chi connectivity index (χ1) is 18.4. The fraction of sp³-hybridized carbons (Fsp3) is 0.296. The van der Waals surface area contributed by atoms with Gasteiger partial charge in [-0.15, -0.1) is 11.3 Å². The highest BCUT2D eigenvalue weighted by atomic mass is 35.5. The minimum Gasteiger partial charge on any atom is -0.496 e. The molecule has 2 aromatic carbocycles. The van der Waals surface area contributed by atoms with E-state index in [1.165, 1.54) is 42.7 Å². The van der Waals surface area contributed by atoms with Crippen LogP contribution in [0.2, 0.25) is 5.02 Å². The number of carbonyl (C=O) groups excluding carboxylic acids is 3. The van der Waals surface area contributed by atoms with Crippen LogP contribution < -0.4 is 15.4 Å². The first-order valence-electron chi connectivity index (χ1n) is 12.0. The van der Waals surface area contributed by atoms with Gasteiger partial charge in [0.25, 0.3) is 0 Å². The average Bonchev–Trinajstić information content (AvgIpc) is 3.37. The van der Waals surface area contributed by atoms with Crippen molar-refractivity contribution in [1.29, 1.82) is 0 Å². The van der Waals surface area contributed by atoms with E-state index in [4.69, 9.17) is 21.1 Å². The van der Waals surface area contributed by atoms with Crippen LogP contribution in [0.3, 0.4) is 0 Å². The molecule has 0 atom stereocenters. The van der Waals surface area contributed by atoms with Gasteiger partial charge in [-0.1, -0.05) is 23.7 Å². The van der Waals surface area contributed by atoms with Crippen molar-refractivity contribution in [1.82, 2.24) is 4.90 Å². The maximum atomic E-state index is 13.6. The van der Waals surface area contributed by atoms with Gasteiger partial charge < -0.3 is 19.7 Å². The number of ether oxygens (including phenoxy) is 2. The van der Waals surface area contributed by atoms with E-state index in [0.717, 1.165) is 4.88 Å². The van der Waals surface area contributed by atoms with Crippen molar-refractivity contribution >= 4 is 52.6 Å². The van der Waals surface area contributed by atoms with E-state index in [1.807, 2.05) is 5.38 Å². The molecule has 4 rings (SSSR count). The highest BCUT2D eigenvalue weighted by molar-refractivity contribution is 7.14. The summed E-state index contributed by atoms with van der Waals surface area (Å²) in [5.41, 5.74) is 1.94. The van der Waals surface area contributed by atoms with Crippen LogP contribution in [0, 0.1) is 5.82 Å². The zero-order valence-corrected chi connectivity index (χ0v) is 22.2. The summed E-state index contributed by atoms with van der Waals surface area (Å²) in [6, 6.07) is 10.9. The van der Waals surface area contributed by atoms with Crippen molar-refractivity contribution in [3.8, 4) is 16.2 Å². The molecule has 0 spiro atoms. The summed E-state index contributed by atoms with van der Waals surface area (Å²) in [6.45, 7) is 1.90. The van der Waals surface area contributed by atoms with Gasteiger partial charge in [0.15, 0.2) is 6.29 Å². The van der Waals surface area contributed by atoms with E-state index < -0.39 is 6.09 Å². The largest absolute Gasteiger partial charge is 0.496 e. The summed E-state index contributed by atoms with van der Waals surface area (Å²) >= 11 is 7.59. The van der Waals surface area contributed by atoms with Crippen LogP contribution in [-0.2, 0) is 9.53 Å². The van der Waals surface area contributed by atoms with Crippen LogP contribution in [0.4, 0.5) is 20.6 Å². The first kappa shape index (κ1) is 27.6. The highest BCUT2D eigenvalue weighted by Crippen LogP contribution is 2.34. The molecule has 1 fully saturated rings. The molecule has 0 bridgehead atoms. The van der Waals surface area contributed by atoms with E-state index in [2.05, 4.69) is 15.5 Å². The van der Waals surface area contributed by atoms with Gasteiger partial charge >= 0.3 is 6.09 Å². The van der Waals surface area contributed by atoms with Crippen LogP contribution in [0.1, 0.15) is 29.6 Å². The quantitative estimate of drug-likeness (QED) is 0.309. The molecule has 1 saturated heterocycles. The van der Waals surface area contributed by atoms with E-state index >= 15 is 0 Å². The number of aldehydes is 1. The Morgan fingerprint density at radius 1 is 1.16 bits per heavy atom. The maximum Gasteiger partial charge on any atom is 0.411 e. The summed E-state index contributed by atoms with van der Waals surface area (Å²) in [5.74, 6) is -0.226. The Labute approximate surface area is 228 Å². The fourth-order valence-electron chi connectivity index (χ4n) is 4.21. The van der Waals surface area contributed by atoms with E-state index in [9.17, 15) is 18.8 Å². The number of rotatable bonds is 9. The summed E-state index contributed by atoms with van der Waals surface area (Å²) in [5, 5.41) is 7.61. The number of nitrogens with zero attached hydrogens (tertiary/aromatic N) is 1. The topological polar surface area (TPSA) is 97.0 Å². The Morgan fingerprint density at radius 3 is 2.66 bits per heavy atom. The Balaban J connectivity index is 1.21. The fourth-order valence-corrected chi connectivity index (χ4v) is 5.28. The number of hydrogen-bond acceptors (Lipinski definition) is 7. The lowest BCUT2D eigenvalue weighted by Gasteiger charge is -2.31. The smallest absolute Gasteiger partial charge is 0.411 e. The normalized spacial score (nSPS) is 14.1. The van der Waals surface area contributed by atoms with Crippen molar-refractivity contribution in [3.63, 3.8) is 0 Å². The second kappa shape index (κ2) is 12.9. The zero-order chi connectivity index (χ0) is 27.1. The summed E-state index contributed by atoms with van der Waals surface area (Å²) < 4.78 is 24.4. The second-order valence-electron chi connectivity index (χ2n) is 8.74. The minimum atomic E-state index is -0.549. The van der Waals surface area contributed by atoms with Gasteiger partial charge in [-0.2, -0.15) is 0 Å². The van der Waals surface area contributed by atoms with Crippen molar-refractivity contribution in [2.75, 3.05) is 37.4 Å². The molecule has 1 aliphatic heterocycles. The molecule has 0 unspecified atom stereocenters. The third kappa shape index (κ3) is 7.09. The second-order valence-corrected chi connectivity index (χ2v) is 10.1. The van der Waals surface area contributed by atoms with Crippen molar-refractivity contribution in [2.24, 2.45) is 0 Å². The molecule has 2 heterocycles. The van der Waals surface area contributed by atoms with Gasteiger partial charge in [-0.25, -0.2) is 9.18 Å². The molecule has 2 amide bonds. The lowest BCUT2D eigenvalue weighted by Crippen LogP contribution is -2.39. The van der Waals surface area contributed by atoms with Crippen molar-refractivity contribution in [2.45, 2.75) is 25.4 Å². The molecule has 1 aromatic heterocycles. The average molecular weight is 560 g/mol. The van der Waals surface area contributed by atoms with Gasteiger partial charge in [0.05, 0.1) is 33.9 Å². The van der Waals surface area contributed by atoms with Crippen molar-refractivity contribution < 1.29 is 28.2 Å². The van der Waals surface area contributed by atoms with Crippen LogP contribution in [-0.4, -0.2) is 56.0 Å². The molecular weight excluding hydrogens is 533 g/mol. The number of carbonyl (C=O) groups is 3. The number of likely N-dealkylation sites (tertiary alicyclic amines) is 1. The molecule has 8 nitrogen and oxygen atoms in total. The lowest BCUT2D eigenvalue weighted by atomic mass is 10.1. The summed E-state index contributed by atoms with van der Waals surface area (Å²) in [4.78, 5) is 39.0. The third-order valence-corrected chi connectivity index (χ3v) is 7.45. The van der Waals surface area contributed by atoms with Crippen molar-refractivity contribution in [3.05, 3.63) is 64.2 Å². The predicted octanol–water partition coefficient (Wildman–Crippen LogP) is 6.07. The number of thiophene rings is 1. The van der Waals surface area contributed by atoms with E-state index in [0.29, 0.717) is 67.0 Å².